The van der Waals surface area contributed by atoms with Crippen LogP contribution in [0.3, 0.4) is 0 Å². The van der Waals surface area contributed by atoms with Crippen LogP contribution in [-0.4, -0.2) is 26.3 Å². The molecule has 3 aromatic rings. The molecular weight excluding hydrogens is 342 g/mol. The van der Waals surface area contributed by atoms with Gasteiger partial charge in [-0.25, -0.2) is 4.98 Å². The maximum Gasteiger partial charge on any atom is 0.203 e. The predicted octanol–water partition coefficient (Wildman–Crippen LogP) is 5.00. The molecule has 0 aliphatic rings. The van der Waals surface area contributed by atoms with E-state index < -0.39 is 0 Å². The van der Waals surface area contributed by atoms with Crippen molar-refractivity contribution in [3.05, 3.63) is 47.3 Å². The van der Waals surface area contributed by atoms with Crippen LogP contribution >= 0.6 is 11.6 Å². The van der Waals surface area contributed by atoms with Crippen LogP contribution in [0, 0.1) is 6.92 Å². The van der Waals surface area contributed by atoms with Crippen molar-refractivity contribution in [3.63, 3.8) is 0 Å². The Morgan fingerprint density at radius 3 is 2.00 bits per heavy atom. The normalized spacial score (nSPS) is 10.6. The van der Waals surface area contributed by atoms with Gasteiger partial charge in [-0.3, -0.25) is 0 Å². The van der Waals surface area contributed by atoms with Crippen molar-refractivity contribution in [2.75, 3.05) is 21.3 Å². The molecule has 0 atom stereocenters. The molecule has 0 aliphatic carbocycles. The summed E-state index contributed by atoms with van der Waals surface area (Å²) >= 11 is 5.98. The zero-order valence-corrected chi connectivity index (χ0v) is 15.2. The predicted molar refractivity (Wildman–Crippen MR) is 96.8 cm³/mol. The Bertz CT molecular complexity index is 862. The Morgan fingerprint density at radius 1 is 0.880 bits per heavy atom. The average molecular weight is 360 g/mol. The standard InChI is InChI=1S/C19H18ClNO4/c1-11-21-17(12-5-7-14(20)8-6-12)18(25-11)13-9-15(22-2)19(24-4)16(10-13)23-3/h5-10H,1-4H3. The SMILES string of the molecule is COc1cc(-c2oc(C)nc2-c2ccc(Cl)cc2)cc(OC)c1OC. The molecule has 0 aliphatic heterocycles. The second-order valence-corrected chi connectivity index (χ2v) is 5.77. The largest absolute Gasteiger partial charge is 0.493 e. The van der Waals surface area contributed by atoms with Gasteiger partial charge in [0.05, 0.1) is 21.3 Å². The van der Waals surface area contributed by atoms with E-state index in [0.717, 1.165) is 16.8 Å². The topological polar surface area (TPSA) is 53.7 Å². The van der Waals surface area contributed by atoms with Crippen LogP contribution in [0.2, 0.25) is 5.02 Å². The molecule has 0 bridgehead atoms. The van der Waals surface area contributed by atoms with Crippen LogP contribution < -0.4 is 14.2 Å². The lowest BCUT2D eigenvalue weighted by Crippen LogP contribution is -1.95. The minimum absolute atomic E-state index is 0.526. The Hall–Kier alpha value is -2.66. The van der Waals surface area contributed by atoms with Crippen molar-refractivity contribution in [1.82, 2.24) is 4.98 Å². The molecule has 6 heteroatoms. The number of ether oxygens (including phenoxy) is 3. The molecule has 0 saturated carbocycles. The van der Waals surface area contributed by atoms with Crippen LogP contribution in [0.1, 0.15) is 5.89 Å². The number of nitrogens with zero attached hydrogens (tertiary/aromatic N) is 1. The lowest BCUT2D eigenvalue weighted by molar-refractivity contribution is 0.324. The highest BCUT2D eigenvalue weighted by Crippen LogP contribution is 2.43. The van der Waals surface area contributed by atoms with E-state index in [4.69, 9.17) is 30.2 Å². The smallest absolute Gasteiger partial charge is 0.203 e. The monoisotopic (exact) mass is 359 g/mol. The zero-order valence-electron chi connectivity index (χ0n) is 14.4. The fourth-order valence-electron chi connectivity index (χ4n) is 2.64. The third-order valence-corrected chi connectivity index (χ3v) is 4.03. The van der Waals surface area contributed by atoms with E-state index in [1.165, 1.54) is 0 Å². The Labute approximate surface area is 151 Å². The van der Waals surface area contributed by atoms with Gasteiger partial charge in [0.15, 0.2) is 23.1 Å². The van der Waals surface area contributed by atoms with E-state index in [-0.39, 0.29) is 0 Å². The van der Waals surface area contributed by atoms with Crippen LogP contribution in [0.25, 0.3) is 22.6 Å². The van der Waals surface area contributed by atoms with Crippen molar-refractivity contribution in [1.29, 1.82) is 0 Å². The number of aryl methyl sites for hydroxylation is 1. The van der Waals surface area contributed by atoms with Crippen LogP contribution in [0.5, 0.6) is 17.2 Å². The third-order valence-electron chi connectivity index (χ3n) is 3.78. The van der Waals surface area contributed by atoms with Crippen molar-refractivity contribution < 1.29 is 18.6 Å². The molecule has 0 spiro atoms. The van der Waals surface area contributed by atoms with Crippen LogP contribution in [0.4, 0.5) is 0 Å². The molecule has 5 nitrogen and oxygen atoms in total. The summed E-state index contributed by atoms with van der Waals surface area (Å²) in [5.41, 5.74) is 2.41. The number of hydrogen-bond acceptors (Lipinski definition) is 5. The van der Waals surface area contributed by atoms with Gasteiger partial charge < -0.3 is 18.6 Å². The molecule has 0 radical (unpaired) electrons. The minimum atomic E-state index is 0.526. The molecular formula is C19H18ClNO4. The van der Waals surface area contributed by atoms with Gasteiger partial charge in [0, 0.05) is 23.1 Å². The quantitative estimate of drug-likeness (QED) is 0.642. The number of methoxy groups -OCH3 is 3. The number of oxazole rings is 1. The Morgan fingerprint density at radius 2 is 1.48 bits per heavy atom. The lowest BCUT2D eigenvalue weighted by Gasteiger charge is -2.13. The van der Waals surface area contributed by atoms with Crippen molar-refractivity contribution in [3.8, 4) is 39.8 Å². The molecule has 0 amide bonds. The fourth-order valence-corrected chi connectivity index (χ4v) is 2.76. The van der Waals surface area contributed by atoms with Gasteiger partial charge in [0.25, 0.3) is 0 Å². The van der Waals surface area contributed by atoms with Gasteiger partial charge in [-0.15, -0.1) is 0 Å². The lowest BCUT2D eigenvalue weighted by atomic mass is 10.0. The minimum Gasteiger partial charge on any atom is -0.493 e. The van der Waals surface area contributed by atoms with E-state index in [1.54, 1.807) is 28.3 Å². The van der Waals surface area contributed by atoms with E-state index in [9.17, 15) is 0 Å². The Kier molecular flexibility index (Phi) is 4.86. The van der Waals surface area contributed by atoms with Crippen molar-refractivity contribution in [2.45, 2.75) is 6.92 Å². The highest BCUT2D eigenvalue weighted by atomic mass is 35.5. The van der Waals surface area contributed by atoms with Crippen LogP contribution in [0.15, 0.2) is 40.8 Å². The van der Waals surface area contributed by atoms with Crippen molar-refractivity contribution >= 4 is 11.6 Å². The maximum atomic E-state index is 5.98. The summed E-state index contributed by atoms with van der Waals surface area (Å²) in [6.07, 6.45) is 0. The van der Waals surface area contributed by atoms with Crippen LogP contribution in [-0.2, 0) is 0 Å². The molecule has 2 aromatic carbocycles. The van der Waals surface area contributed by atoms with Gasteiger partial charge in [-0.05, 0) is 24.3 Å². The fraction of sp³-hybridized carbons (Fsp3) is 0.211. The summed E-state index contributed by atoms with van der Waals surface area (Å²) in [7, 11) is 4.72. The first-order valence-electron chi connectivity index (χ1n) is 7.61. The molecule has 0 unspecified atom stereocenters. The Balaban J connectivity index is 2.19. The average Bonchev–Trinajstić information content (AvgIpc) is 3.02. The van der Waals surface area contributed by atoms with Gasteiger partial charge in [0.2, 0.25) is 5.75 Å². The molecule has 25 heavy (non-hydrogen) atoms. The summed E-state index contributed by atoms with van der Waals surface area (Å²) in [6.45, 7) is 1.81. The number of benzene rings is 2. The van der Waals surface area contributed by atoms with Gasteiger partial charge >= 0.3 is 0 Å². The van der Waals surface area contributed by atoms with Gasteiger partial charge in [-0.2, -0.15) is 0 Å². The first kappa shape index (κ1) is 17.2. The number of aromatic nitrogens is 1. The number of halogens is 1. The third kappa shape index (κ3) is 3.28. The number of rotatable bonds is 5. The van der Waals surface area contributed by atoms with E-state index in [2.05, 4.69) is 4.98 Å². The summed E-state index contributed by atoms with van der Waals surface area (Å²) < 4.78 is 22.1. The molecule has 1 aromatic heterocycles. The molecule has 0 fully saturated rings. The van der Waals surface area contributed by atoms with E-state index in [0.29, 0.717) is 33.9 Å². The second-order valence-electron chi connectivity index (χ2n) is 5.33. The summed E-state index contributed by atoms with van der Waals surface area (Å²) in [5.74, 6) is 2.81. The first-order valence-corrected chi connectivity index (χ1v) is 7.99. The van der Waals surface area contributed by atoms with E-state index >= 15 is 0 Å². The molecule has 0 N–H and O–H groups in total. The first-order chi connectivity index (χ1) is 12.1. The highest BCUT2D eigenvalue weighted by molar-refractivity contribution is 6.30. The van der Waals surface area contributed by atoms with Crippen molar-refractivity contribution in [2.24, 2.45) is 0 Å². The highest BCUT2D eigenvalue weighted by Gasteiger charge is 2.20. The van der Waals surface area contributed by atoms with E-state index in [1.807, 2.05) is 36.4 Å². The van der Waals surface area contributed by atoms with Gasteiger partial charge in [-0.1, -0.05) is 23.7 Å². The van der Waals surface area contributed by atoms with Gasteiger partial charge in [0.1, 0.15) is 5.69 Å². The number of hydrogen-bond donors (Lipinski definition) is 0. The summed E-state index contributed by atoms with van der Waals surface area (Å²) in [5, 5.41) is 0.665. The molecule has 1 heterocycles. The summed E-state index contributed by atoms with van der Waals surface area (Å²) in [6, 6.07) is 11.1. The molecule has 130 valence electrons. The molecule has 0 saturated heterocycles. The second kappa shape index (κ2) is 7.07. The molecule has 3 rings (SSSR count). The zero-order chi connectivity index (χ0) is 18.0. The summed E-state index contributed by atoms with van der Waals surface area (Å²) in [4.78, 5) is 4.52. The maximum absolute atomic E-state index is 5.98.